The van der Waals surface area contributed by atoms with Gasteiger partial charge in [-0.05, 0) is 24.3 Å². The van der Waals surface area contributed by atoms with Crippen molar-refractivity contribution in [2.75, 3.05) is 42.9 Å². The van der Waals surface area contributed by atoms with Crippen LogP contribution in [-0.2, 0) is 9.53 Å². The van der Waals surface area contributed by atoms with Crippen LogP contribution in [0, 0.1) is 0 Å². The Morgan fingerprint density at radius 2 is 1.79 bits per heavy atom. The maximum absolute atomic E-state index is 11.1. The van der Waals surface area contributed by atoms with Crippen molar-refractivity contribution in [1.82, 2.24) is 10.3 Å². The summed E-state index contributed by atoms with van der Waals surface area (Å²) >= 11 is 0. The van der Waals surface area contributed by atoms with Gasteiger partial charge in [0, 0.05) is 20.0 Å². The highest BCUT2D eigenvalue weighted by molar-refractivity contribution is 5.90. The summed E-state index contributed by atoms with van der Waals surface area (Å²) in [5, 5.41) is 4.84. The van der Waals surface area contributed by atoms with Gasteiger partial charge in [-0.25, -0.2) is 9.78 Å². The molecule has 10 N–H and O–H groups in total. The second-order valence-corrected chi connectivity index (χ2v) is 5.24. The number of rotatable bonds is 6. The third-order valence-corrected chi connectivity index (χ3v) is 3.12. The van der Waals surface area contributed by atoms with Crippen molar-refractivity contribution >= 4 is 35.0 Å². The van der Waals surface area contributed by atoms with E-state index < -0.39 is 6.09 Å². The van der Waals surface area contributed by atoms with E-state index in [9.17, 15) is 9.59 Å². The zero-order valence-electron chi connectivity index (χ0n) is 15.5. The Hall–Kier alpha value is -3.73. The van der Waals surface area contributed by atoms with Crippen LogP contribution in [0.1, 0.15) is 6.42 Å². The average Bonchev–Trinajstić information content (AvgIpc) is 2.67. The fraction of sp³-hybridized carbons (Fsp3) is 0.235. The standard InChI is InChI=1S/C9H12N2O3.C8H13N5O/c1-11-9(12)14-6-13-8-5-3-2-4-7(8)10;9-4-3-7(14)12-6-2-1-5(10)8(11)13-6/h2-5H,6,10H2,1H3,(H,11,12);1-2H,3-4,9-10H2,(H3,11,12,13,14). The first-order valence-corrected chi connectivity index (χ1v) is 8.21. The molecule has 11 nitrogen and oxygen atoms in total. The molecule has 0 spiro atoms. The first-order chi connectivity index (χ1) is 13.4. The van der Waals surface area contributed by atoms with Gasteiger partial charge < -0.3 is 43.0 Å². The van der Waals surface area contributed by atoms with Gasteiger partial charge in [-0.3, -0.25) is 4.79 Å². The van der Waals surface area contributed by atoms with Crippen LogP contribution in [0.4, 0.5) is 27.8 Å². The summed E-state index contributed by atoms with van der Waals surface area (Å²) in [7, 11) is 1.47. The Balaban J connectivity index is 0.000000280. The molecule has 0 aliphatic heterocycles. The molecular formula is C17H25N7O4. The number of ether oxygens (including phenoxy) is 2. The molecule has 0 aliphatic rings. The zero-order valence-corrected chi connectivity index (χ0v) is 15.5. The first-order valence-electron chi connectivity index (χ1n) is 8.21. The lowest BCUT2D eigenvalue weighted by Crippen LogP contribution is -2.21. The second-order valence-electron chi connectivity index (χ2n) is 5.24. The van der Waals surface area contributed by atoms with Crippen LogP contribution in [0.2, 0.25) is 0 Å². The highest BCUT2D eigenvalue weighted by atomic mass is 16.7. The summed E-state index contributed by atoms with van der Waals surface area (Å²) < 4.78 is 9.72. The lowest BCUT2D eigenvalue weighted by Gasteiger charge is -2.08. The summed E-state index contributed by atoms with van der Waals surface area (Å²) in [5.41, 5.74) is 22.6. The Morgan fingerprint density at radius 3 is 2.39 bits per heavy atom. The predicted octanol–water partition coefficient (Wildman–Crippen LogP) is 0.494. The van der Waals surface area contributed by atoms with E-state index >= 15 is 0 Å². The molecule has 0 aliphatic carbocycles. The summed E-state index contributed by atoms with van der Waals surface area (Å²) in [6.07, 6.45) is -0.286. The van der Waals surface area contributed by atoms with Gasteiger partial charge >= 0.3 is 6.09 Å². The molecule has 2 rings (SSSR count). The van der Waals surface area contributed by atoms with Crippen LogP contribution in [0.3, 0.4) is 0 Å². The van der Waals surface area contributed by atoms with Crippen LogP contribution in [0.5, 0.6) is 5.75 Å². The maximum atomic E-state index is 11.1. The number of nitrogens with two attached hydrogens (primary N) is 4. The fourth-order valence-corrected chi connectivity index (χ4v) is 1.72. The summed E-state index contributed by atoms with van der Waals surface area (Å²) in [4.78, 5) is 25.6. The number of aromatic nitrogens is 1. The van der Waals surface area contributed by atoms with E-state index in [1.54, 1.807) is 36.4 Å². The number of nitrogens with one attached hydrogen (secondary N) is 2. The fourth-order valence-electron chi connectivity index (χ4n) is 1.72. The van der Waals surface area contributed by atoms with E-state index in [0.717, 1.165) is 0 Å². The number of hydrogen-bond donors (Lipinski definition) is 6. The van der Waals surface area contributed by atoms with Crippen LogP contribution >= 0.6 is 0 Å². The van der Waals surface area contributed by atoms with Crippen LogP contribution in [0.15, 0.2) is 36.4 Å². The first kappa shape index (κ1) is 22.3. The number of carbonyl (C=O) groups excluding carboxylic acids is 2. The number of amides is 2. The van der Waals surface area contributed by atoms with Crippen molar-refractivity contribution in [1.29, 1.82) is 0 Å². The third kappa shape index (κ3) is 8.10. The van der Waals surface area contributed by atoms with Crippen molar-refractivity contribution in [2.24, 2.45) is 5.73 Å². The van der Waals surface area contributed by atoms with E-state index in [0.29, 0.717) is 29.5 Å². The highest BCUT2D eigenvalue weighted by Crippen LogP contribution is 2.19. The maximum Gasteiger partial charge on any atom is 0.409 e. The van der Waals surface area contributed by atoms with E-state index in [2.05, 4.69) is 20.4 Å². The number of alkyl carbamates (subject to hydrolysis) is 1. The highest BCUT2D eigenvalue weighted by Gasteiger charge is 2.03. The Labute approximate surface area is 162 Å². The number of pyridine rings is 1. The lowest BCUT2D eigenvalue weighted by atomic mass is 10.3. The molecule has 1 aromatic carbocycles. The molecule has 2 aromatic rings. The molecule has 11 heteroatoms. The molecule has 28 heavy (non-hydrogen) atoms. The van der Waals surface area contributed by atoms with E-state index in [-0.39, 0.29) is 24.9 Å². The summed E-state index contributed by atoms with van der Waals surface area (Å²) in [6.45, 7) is 0.143. The quantitative estimate of drug-likeness (QED) is 0.300. The molecule has 1 aromatic heterocycles. The van der Waals surface area contributed by atoms with Gasteiger partial charge in [-0.15, -0.1) is 0 Å². The molecule has 152 valence electrons. The molecule has 0 radical (unpaired) electrons. The normalized spacial score (nSPS) is 9.50. The summed E-state index contributed by atoms with van der Waals surface area (Å²) in [6, 6.07) is 10.1. The average molecular weight is 391 g/mol. The molecule has 0 fully saturated rings. The monoisotopic (exact) mass is 391 g/mol. The summed E-state index contributed by atoms with van der Waals surface area (Å²) in [5.74, 6) is 0.895. The Morgan fingerprint density at radius 1 is 1.07 bits per heavy atom. The molecule has 0 saturated carbocycles. The minimum Gasteiger partial charge on any atom is -0.455 e. The van der Waals surface area contributed by atoms with E-state index in [4.69, 9.17) is 27.7 Å². The SMILES string of the molecule is CNC(=O)OCOc1ccccc1N.NCCC(=O)Nc1ccc(N)c(N)n1. The van der Waals surface area contributed by atoms with Crippen molar-refractivity contribution in [2.45, 2.75) is 6.42 Å². The largest absolute Gasteiger partial charge is 0.455 e. The van der Waals surface area contributed by atoms with Crippen LogP contribution in [0.25, 0.3) is 0 Å². The van der Waals surface area contributed by atoms with Crippen LogP contribution < -0.4 is 38.3 Å². The number of benzene rings is 1. The number of hydrogen-bond acceptors (Lipinski definition) is 9. The lowest BCUT2D eigenvalue weighted by molar-refractivity contribution is -0.116. The minimum atomic E-state index is -0.542. The Kier molecular flexibility index (Phi) is 9.40. The molecule has 1 heterocycles. The minimum absolute atomic E-state index is 0.159. The van der Waals surface area contributed by atoms with Crippen molar-refractivity contribution in [3.8, 4) is 5.75 Å². The van der Waals surface area contributed by atoms with Gasteiger partial charge in [0.2, 0.25) is 12.7 Å². The molecule has 0 unspecified atom stereocenters. The van der Waals surface area contributed by atoms with Gasteiger partial charge in [-0.2, -0.15) is 0 Å². The number of nitrogen functional groups attached to an aromatic ring is 3. The number of anilines is 4. The van der Waals surface area contributed by atoms with Gasteiger partial charge in [0.15, 0.2) is 0 Å². The smallest absolute Gasteiger partial charge is 0.409 e. The van der Waals surface area contributed by atoms with Gasteiger partial charge in [0.1, 0.15) is 17.4 Å². The second kappa shape index (κ2) is 11.8. The van der Waals surface area contributed by atoms with Crippen molar-refractivity contribution in [3.63, 3.8) is 0 Å². The number of nitrogens with zero attached hydrogens (tertiary/aromatic N) is 1. The van der Waals surface area contributed by atoms with Gasteiger partial charge in [0.25, 0.3) is 0 Å². The molecular weight excluding hydrogens is 366 g/mol. The molecule has 0 bridgehead atoms. The van der Waals surface area contributed by atoms with Gasteiger partial charge in [-0.1, -0.05) is 12.1 Å². The van der Waals surface area contributed by atoms with Crippen molar-refractivity contribution in [3.05, 3.63) is 36.4 Å². The molecule has 0 saturated heterocycles. The third-order valence-electron chi connectivity index (χ3n) is 3.12. The number of carbonyl (C=O) groups is 2. The van der Waals surface area contributed by atoms with Crippen molar-refractivity contribution < 1.29 is 19.1 Å². The Bertz CT molecular complexity index is 786. The van der Waals surface area contributed by atoms with Crippen LogP contribution in [-0.4, -0.2) is 37.4 Å². The molecule has 2 amide bonds. The predicted molar refractivity (Wildman–Crippen MR) is 107 cm³/mol. The number of para-hydroxylation sites is 2. The van der Waals surface area contributed by atoms with E-state index in [1.165, 1.54) is 7.05 Å². The van der Waals surface area contributed by atoms with E-state index in [1.807, 2.05) is 0 Å². The van der Waals surface area contributed by atoms with Gasteiger partial charge in [0.05, 0.1) is 11.4 Å². The molecule has 0 atom stereocenters. The topological polar surface area (TPSA) is 194 Å². The zero-order chi connectivity index (χ0) is 20.9.